The molecule has 2 aliphatic rings. The van der Waals surface area contributed by atoms with Gasteiger partial charge in [-0.15, -0.1) is 0 Å². The smallest absolute Gasteiger partial charge is 0.278 e. The van der Waals surface area contributed by atoms with Gasteiger partial charge in [0.1, 0.15) is 18.0 Å². The minimum absolute atomic E-state index is 0.135. The zero-order valence-electron chi connectivity index (χ0n) is 17.4. The van der Waals surface area contributed by atoms with E-state index in [0.717, 1.165) is 7.11 Å². The number of amides is 1. The molecule has 5 atom stereocenters. The first-order chi connectivity index (χ1) is 14.7. The molecule has 2 heterocycles. The fourth-order valence-corrected chi connectivity index (χ4v) is 3.81. The van der Waals surface area contributed by atoms with Gasteiger partial charge < -0.3 is 30.1 Å². The first kappa shape index (κ1) is 22.8. The zero-order chi connectivity index (χ0) is 23.0. The summed E-state index contributed by atoms with van der Waals surface area (Å²) in [5.41, 5.74) is -4.83. The van der Waals surface area contributed by atoms with E-state index in [2.05, 4.69) is 5.32 Å². The second kappa shape index (κ2) is 8.35. The summed E-state index contributed by atoms with van der Waals surface area (Å²) in [7, 11) is 1.11. The number of nitrogens with one attached hydrogen (secondary N) is 1. The molecule has 0 aromatic heterocycles. The number of methoxy groups -OCH3 is 1. The monoisotopic (exact) mass is 431 g/mol. The number of allylic oxidation sites excluding steroid dienone is 1. The van der Waals surface area contributed by atoms with Gasteiger partial charge in [0.05, 0.1) is 0 Å². The molecule has 1 saturated heterocycles. The first-order valence-electron chi connectivity index (χ1n) is 9.80. The van der Waals surface area contributed by atoms with E-state index in [1.54, 1.807) is 24.3 Å². The van der Waals surface area contributed by atoms with E-state index in [1.807, 2.05) is 6.92 Å². The number of hydrogen-bond donors (Lipinski definition) is 4. The second-order valence-corrected chi connectivity index (χ2v) is 7.42. The maximum absolute atomic E-state index is 13.1. The minimum atomic E-state index is -2.53. The average Bonchev–Trinajstić information content (AvgIpc) is 3.18. The molecule has 166 valence electrons. The molecular weight excluding hydrogens is 406 g/mol. The molecule has 1 amide bonds. The average molecular weight is 431 g/mol. The molecule has 0 bridgehead atoms. The summed E-state index contributed by atoms with van der Waals surface area (Å²) in [6, 6.07) is 7.82. The number of benzene rings is 1. The van der Waals surface area contributed by atoms with Crippen molar-refractivity contribution < 1.29 is 39.2 Å². The molecule has 2 aliphatic heterocycles. The van der Waals surface area contributed by atoms with Gasteiger partial charge >= 0.3 is 0 Å². The third-order valence-electron chi connectivity index (χ3n) is 5.58. The Bertz CT molecular complexity index is 956. The van der Waals surface area contributed by atoms with Crippen LogP contribution in [-0.4, -0.2) is 69.5 Å². The number of rotatable bonds is 7. The number of carbonyl (C=O) groups is 3. The van der Waals surface area contributed by atoms with Crippen LogP contribution in [0.2, 0.25) is 0 Å². The second-order valence-electron chi connectivity index (χ2n) is 7.42. The molecule has 1 aromatic carbocycles. The van der Waals surface area contributed by atoms with E-state index >= 15 is 0 Å². The van der Waals surface area contributed by atoms with Gasteiger partial charge in [0.25, 0.3) is 11.5 Å². The predicted molar refractivity (Wildman–Crippen MR) is 108 cm³/mol. The van der Waals surface area contributed by atoms with Gasteiger partial charge in [-0.3, -0.25) is 14.4 Å². The highest BCUT2D eigenvalue weighted by Gasteiger charge is 2.74. The van der Waals surface area contributed by atoms with Gasteiger partial charge in [-0.1, -0.05) is 49.4 Å². The Balaban J connectivity index is 1.99. The summed E-state index contributed by atoms with van der Waals surface area (Å²) < 4.78 is 10.8. The molecule has 0 saturated carbocycles. The molecule has 0 aliphatic carbocycles. The number of ketones is 2. The molecule has 1 aromatic rings. The molecule has 0 unspecified atom stereocenters. The van der Waals surface area contributed by atoms with Crippen LogP contribution >= 0.6 is 0 Å². The molecule has 1 spiro atoms. The van der Waals surface area contributed by atoms with E-state index < -0.39 is 47.1 Å². The van der Waals surface area contributed by atoms with Crippen LogP contribution in [0.25, 0.3) is 0 Å². The molecule has 3 rings (SSSR count). The van der Waals surface area contributed by atoms with Crippen molar-refractivity contribution in [3.8, 4) is 0 Å². The molecule has 4 N–H and O–H groups in total. The highest BCUT2D eigenvalue weighted by atomic mass is 16.6. The summed E-state index contributed by atoms with van der Waals surface area (Å²) in [5.74, 6) is -3.15. The minimum Gasteiger partial charge on any atom is -0.467 e. The quantitative estimate of drug-likeness (QED) is 0.269. The fraction of sp³-hybridized carbons (Fsp3) is 0.409. The lowest BCUT2D eigenvalue weighted by atomic mass is 9.85. The van der Waals surface area contributed by atoms with Crippen LogP contribution in [0.4, 0.5) is 0 Å². The highest BCUT2D eigenvalue weighted by molar-refractivity contribution is 6.23. The maximum Gasteiger partial charge on any atom is 0.278 e. The SMILES string of the molecule is CC/C=C\[C@H](O)[C@H](O)C1=C(C)C(=O)[C@]2(O1)C(=O)N[C@@](OC)(C(=O)c1ccccc1)[C@@H]2O. The third-order valence-corrected chi connectivity index (χ3v) is 5.58. The summed E-state index contributed by atoms with van der Waals surface area (Å²) in [4.78, 5) is 39.2. The standard InChI is InChI=1S/C22H25NO8/c1-4-5-11-14(24)15(25)16-12(2)17(26)21(31-16)19(28)22(30-3,23-20(21)29)18(27)13-9-7-6-8-10-13/h5-11,14-15,19,24-25,28H,4H2,1-3H3,(H,23,29)/b11-5-/t14-,15-,19+,21+,22+/m0/s1. The number of carbonyl (C=O) groups excluding carboxylic acids is 3. The predicted octanol–water partition coefficient (Wildman–Crippen LogP) is 0.00280. The Morgan fingerprint density at radius 1 is 1.29 bits per heavy atom. The third kappa shape index (κ3) is 3.30. The Hall–Kier alpha value is -2.85. The Morgan fingerprint density at radius 3 is 2.52 bits per heavy atom. The van der Waals surface area contributed by atoms with Crippen molar-refractivity contribution >= 4 is 17.5 Å². The van der Waals surface area contributed by atoms with Crippen LogP contribution in [-0.2, 0) is 19.1 Å². The van der Waals surface area contributed by atoms with Crippen molar-refractivity contribution in [1.29, 1.82) is 0 Å². The fourth-order valence-electron chi connectivity index (χ4n) is 3.81. The van der Waals surface area contributed by atoms with Crippen molar-refractivity contribution in [1.82, 2.24) is 5.32 Å². The topological polar surface area (TPSA) is 142 Å². The van der Waals surface area contributed by atoms with Crippen LogP contribution in [0.5, 0.6) is 0 Å². The van der Waals surface area contributed by atoms with E-state index in [1.165, 1.54) is 25.1 Å². The Morgan fingerprint density at radius 2 is 1.94 bits per heavy atom. The number of hydrogen-bond acceptors (Lipinski definition) is 8. The van der Waals surface area contributed by atoms with Gasteiger partial charge in [-0.05, 0) is 13.3 Å². The van der Waals surface area contributed by atoms with Gasteiger partial charge in [-0.25, -0.2) is 0 Å². The van der Waals surface area contributed by atoms with E-state index in [-0.39, 0.29) is 16.9 Å². The maximum atomic E-state index is 13.1. The van der Waals surface area contributed by atoms with Crippen molar-refractivity contribution in [3.05, 3.63) is 59.4 Å². The normalized spacial score (nSPS) is 30.1. The van der Waals surface area contributed by atoms with Gasteiger partial charge in [0.2, 0.25) is 17.3 Å². The number of aliphatic hydroxyl groups is 3. The summed E-state index contributed by atoms with van der Waals surface area (Å²) >= 11 is 0. The van der Waals surface area contributed by atoms with Crippen LogP contribution in [0.1, 0.15) is 30.6 Å². The van der Waals surface area contributed by atoms with E-state index in [0.29, 0.717) is 6.42 Å². The van der Waals surface area contributed by atoms with Crippen LogP contribution < -0.4 is 5.32 Å². The van der Waals surface area contributed by atoms with Gasteiger partial charge in [-0.2, -0.15) is 0 Å². The van der Waals surface area contributed by atoms with Crippen molar-refractivity contribution in [3.63, 3.8) is 0 Å². The van der Waals surface area contributed by atoms with E-state index in [4.69, 9.17) is 9.47 Å². The van der Waals surface area contributed by atoms with Crippen molar-refractivity contribution in [2.45, 2.75) is 49.9 Å². The lowest BCUT2D eigenvalue weighted by Crippen LogP contribution is -2.60. The first-order valence-corrected chi connectivity index (χ1v) is 9.80. The number of aliphatic hydroxyl groups excluding tert-OH is 3. The molecule has 9 heteroatoms. The van der Waals surface area contributed by atoms with Crippen LogP contribution in [0.3, 0.4) is 0 Å². The Kier molecular flexibility index (Phi) is 6.15. The molecule has 9 nitrogen and oxygen atoms in total. The molecule has 1 fully saturated rings. The molecule has 31 heavy (non-hydrogen) atoms. The largest absolute Gasteiger partial charge is 0.467 e. The van der Waals surface area contributed by atoms with Crippen molar-refractivity contribution in [2.75, 3.05) is 7.11 Å². The molecular formula is C22H25NO8. The van der Waals surface area contributed by atoms with Crippen molar-refractivity contribution in [2.24, 2.45) is 0 Å². The van der Waals surface area contributed by atoms with Crippen LogP contribution in [0, 0.1) is 0 Å². The van der Waals surface area contributed by atoms with Gasteiger partial charge in [0.15, 0.2) is 6.10 Å². The number of Topliss-reactive ketones (excluding diaryl/α,β-unsaturated/α-hetero) is 2. The lowest BCUT2D eigenvalue weighted by Gasteiger charge is -2.32. The Labute approximate surface area is 179 Å². The van der Waals surface area contributed by atoms with Gasteiger partial charge in [0, 0.05) is 18.2 Å². The summed E-state index contributed by atoms with van der Waals surface area (Å²) in [6.07, 6.45) is -1.60. The van der Waals surface area contributed by atoms with Crippen LogP contribution in [0.15, 0.2) is 53.8 Å². The summed E-state index contributed by atoms with van der Waals surface area (Å²) in [5, 5.41) is 34.0. The van der Waals surface area contributed by atoms with E-state index in [9.17, 15) is 29.7 Å². The highest BCUT2D eigenvalue weighted by Crippen LogP contribution is 2.44. The lowest BCUT2D eigenvalue weighted by molar-refractivity contribution is -0.163. The number of ether oxygens (including phenoxy) is 2. The summed E-state index contributed by atoms with van der Waals surface area (Å²) in [6.45, 7) is 3.13. The molecule has 0 radical (unpaired) electrons. The zero-order valence-corrected chi connectivity index (χ0v) is 17.4.